The van der Waals surface area contributed by atoms with Crippen LogP contribution in [0.15, 0.2) is 12.3 Å². The summed E-state index contributed by atoms with van der Waals surface area (Å²) < 4.78 is 0. The molecular weight excluding hydrogens is 166 g/mol. The van der Waals surface area contributed by atoms with E-state index in [0.717, 1.165) is 32.1 Å². The molecule has 1 rings (SSSR count). The predicted molar refractivity (Wildman–Crippen MR) is 50.9 cm³/mol. The molecule has 0 unspecified atom stereocenters. The van der Waals surface area contributed by atoms with Crippen LogP contribution in [0.4, 0.5) is 0 Å². The highest BCUT2D eigenvalue weighted by Crippen LogP contribution is 2.28. The summed E-state index contributed by atoms with van der Waals surface area (Å²) in [5.41, 5.74) is 0. The minimum atomic E-state index is 0.151. The Bertz CT molecular complexity index is 185. The molecule has 0 aromatic heterocycles. The lowest BCUT2D eigenvalue weighted by Crippen LogP contribution is -2.18. The number of hydrogen-bond donors (Lipinski definition) is 2. The number of unbranched alkanes of at least 4 members (excludes halogenated alkanes) is 2. The summed E-state index contributed by atoms with van der Waals surface area (Å²) >= 11 is 0. The first-order valence-electron chi connectivity index (χ1n) is 4.91. The lowest BCUT2D eigenvalue weighted by Gasteiger charge is -1.95. The number of hydrogen-bond acceptors (Lipinski definition) is 2. The van der Waals surface area contributed by atoms with Crippen LogP contribution in [0.3, 0.4) is 0 Å². The smallest absolute Gasteiger partial charge is 0.227 e. The van der Waals surface area contributed by atoms with Gasteiger partial charge in [-0.25, -0.2) is 0 Å². The monoisotopic (exact) mass is 183 g/mol. The summed E-state index contributed by atoms with van der Waals surface area (Å²) in [6.07, 6.45) is 8.49. The second kappa shape index (κ2) is 5.75. The molecule has 0 radical (unpaired) electrons. The Balaban J connectivity index is 1.94. The lowest BCUT2D eigenvalue weighted by molar-refractivity contribution is -0.121. The average molecular weight is 183 g/mol. The topological polar surface area (TPSA) is 49.3 Å². The number of carbonyl (C=O) groups is 1. The molecule has 0 spiro atoms. The summed E-state index contributed by atoms with van der Waals surface area (Å²) in [4.78, 5) is 11.1. The Labute approximate surface area is 78.8 Å². The van der Waals surface area contributed by atoms with Crippen molar-refractivity contribution >= 4 is 5.91 Å². The first kappa shape index (κ1) is 10.3. The molecule has 3 nitrogen and oxygen atoms in total. The molecular formula is C10H17NO2. The molecule has 1 aliphatic carbocycles. The van der Waals surface area contributed by atoms with Crippen LogP contribution >= 0.6 is 0 Å². The molecule has 0 saturated heterocycles. The van der Waals surface area contributed by atoms with Gasteiger partial charge in [-0.3, -0.25) is 4.79 Å². The van der Waals surface area contributed by atoms with E-state index in [1.54, 1.807) is 6.20 Å². The Morgan fingerprint density at radius 3 is 2.85 bits per heavy atom. The van der Waals surface area contributed by atoms with E-state index >= 15 is 0 Å². The fourth-order valence-electron chi connectivity index (χ4n) is 1.06. The number of carbonyl (C=O) groups excluding carboxylic acids is 1. The van der Waals surface area contributed by atoms with Gasteiger partial charge in [0.05, 0.1) is 0 Å². The molecule has 0 aliphatic heterocycles. The van der Waals surface area contributed by atoms with Crippen molar-refractivity contribution in [1.82, 2.24) is 5.32 Å². The first-order valence-corrected chi connectivity index (χ1v) is 4.91. The van der Waals surface area contributed by atoms with E-state index in [2.05, 4.69) is 5.32 Å². The molecule has 0 heterocycles. The fraction of sp³-hybridized carbons (Fsp3) is 0.700. The normalized spacial score (nSPS) is 16.4. The van der Waals surface area contributed by atoms with Crippen LogP contribution in [-0.2, 0) is 4.79 Å². The van der Waals surface area contributed by atoms with Crippen LogP contribution < -0.4 is 5.32 Å². The maximum atomic E-state index is 11.1. The maximum absolute atomic E-state index is 11.1. The molecule has 0 aromatic carbocycles. The Hall–Kier alpha value is -0.830. The van der Waals surface area contributed by atoms with E-state index in [1.165, 1.54) is 0 Å². The predicted octanol–water partition coefficient (Wildman–Crippen LogP) is 1.19. The third-order valence-electron chi connectivity index (χ3n) is 2.07. The summed E-state index contributed by atoms with van der Waals surface area (Å²) in [5.74, 6) is 0.431. The van der Waals surface area contributed by atoms with Crippen LogP contribution in [0.1, 0.15) is 32.1 Å². The van der Waals surface area contributed by atoms with Crippen molar-refractivity contribution < 1.29 is 9.90 Å². The molecule has 1 saturated carbocycles. The number of aliphatic hydroxyl groups is 1. The van der Waals surface area contributed by atoms with Gasteiger partial charge in [-0.1, -0.05) is 6.08 Å². The molecule has 1 fully saturated rings. The quantitative estimate of drug-likeness (QED) is 0.608. The van der Waals surface area contributed by atoms with E-state index < -0.39 is 0 Å². The Kier molecular flexibility index (Phi) is 4.54. The summed E-state index contributed by atoms with van der Waals surface area (Å²) in [6.45, 7) is 0.252. The average Bonchev–Trinajstić information content (AvgIpc) is 2.93. The third-order valence-corrected chi connectivity index (χ3v) is 2.07. The highest BCUT2D eigenvalue weighted by Gasteiger charge is 2.28. The molecule has 3 heteroatoms. The molecule has 0 aromatic rings. The second-order valence-electron chi connectivity index (χ2n) is 3.40. The van der Waals surface area contributed by atoms with Crippen LogP contribution in [0.2, 0.25) is 0 Å². The summed E-state index contributed by atoms with van der Waals surface area (Å²) in [5, 5.41) is 11.2. The van der Waals surface area contributed by atoms with Crippen LogP contribution in [0.5, 0.6) is 0 Å². The second-order valence-corrected chi connectivity index (χ2v) is 3.40. The Morgan fingerprint density at radius 2 is 2.23 bits per heavy atom. The molecule has 1 amide bonds. The fourth-order valence-corrected chi connectivity index (χ4v) is 1.06. The minimum Gasteiger partial charge on any atom is -0.396 e. The van der Waals surface area contributed by atoms with E-state index in [-0.39, 0.29) is 18.4 Å². The van der Waals surface area contributed by atoms with Gasteiger partial charge < -0.3 is 10.4 Å². The number of amides is 1. The van der Waals surface area contributed by atoms with E-state index in [0.29, 0.717) is 0 Å². The van der Waals surface area contributed by atoms with Gasteiger partial charge in [0.2, 0.25) is 5.91 Å². The van der Waals surface area contributed by atoms with Crippen LogP contribution in [0.25, 0.3) is 0 Å². The largest absolute Gasteiger partial charge is 0.396 e. The van der Waals surface area contributed by atoms with Crippen molar-refractivity contribution in [2.75, 3.05) is 6.61 Å². The van der Waals surface area contributed by atoms with Crippen LogP contribution in [-0.4, -0.2) is 17.6 Å². The summed E-state index contributed by atoms with van der Waals surface area (Å²) in [7, 11) is 0. The number of rotatable bonds is 6. The van der Waals surface area contributed by atoms with Gasteiger partial charge in [-0.2, -0.15) is 0 Å². The van der Waals surface area contributed by atoms with Gasteiger partial charge >= 0.3 is 0 Å². The van der Waals surface area contributed by atoms with Crippen molar-refractivity contribution in [1.29, 1.82) is 0 Å². The molecule has 0 bridgehead atoms. The van der Waals surface area contributed by atoms with Gasteiger partial charge in [0.25, 0.3) is 0 Å². The molecule has 13 heavy (non-hydrogen) atoms. The van der Waals surface area contributed by atoms with E-state index in [1.807, 2.05) is 6.08 Å². The number of allylic oxidation sites excluding steroid dienone is 1. The zero-order valence-electron chi connectivity index (χ0n) is 7.83. The SMILES string of the molecule is O=C(N/C=C/CCCCO)C1CC1. The van der Waals surface area contributed by atoms with Crippen molar-refractivity contribution in [3.63, 3.8) is 0 Å². The van der Waals surface area contributed by atoms with Gasteiger partial charge in [0.15, 0.2) is 0 Å². The standard InChI is InChI=1S/C10H17NO2/c12-8-4-2-1-3-7-11-10(13)9-5-6-9/h3,7,9,12H,1-2,4-6,8H2,(H,11,13)/b7-3+. The van der Waals surface area contributed by atoms with Crippen molar-refractivity contribution in [3.8, 4) is 0 Å². The molecule has 1 aliphatic rings. The van der Waals surface area contributed by atoms with Crippen molar-refractivity contribution in [3.05, 3.63) is 12.3 Å². The van der Waals surface area contributed by atoms with Crippen molar-refractivity contribution in [2.24, 2.45) is 5.92 Å². The zero-order chi connectivity index (χ0) is 9.52. The molecule has 2 N–H and O–H groups in total. The van der Waals surface area contributed by atoms with Gasteiger partial charge in [-0.05, 0) is 38.3 Å². The van der Waals surface area contributed by atoms with Gasteiger partial charge in [0.1, 0.15) is 0 Å². The van der Waals surface area contributed by atoms with E-state index in [9.17, 15) is 4.79 Å². The summed E-state index contributed by atoms with van der Waals surface area (Å²) in [6, 6.07) is 0. The number of nitrogens with one attached hydrogen (secondary N) is 1. The zero-order valence-corrected chi connectivity index (χ0v) is 7.83. The highest BCUT2D eigenvalue weighted by molar-refractivity contribution is 5.81. The third kappa shape index (κ3) is 4.68. The van der Waals surface area contributed by atoms with Gasteiger partial charge in [0, 0.05) is 12.5 Å². The van der Waals surface area contributed by atoms with Gasteiger partial charge in [-0.15, -0.1) is 0 Å². The van der Waals surface area contributed by atoms with Crippen LogP contribution in [0, 0.1) is 5.92 Å². The van der Waals surface area contributed by atoms with E-state index in [4.69, 9.17) is 5.11 Å². The molecule has 0 atom stereocenters. The maximum Gasteiger partial charge on any atom is 0.227 e. The Morgan fingerprint density at radius 1 is 1.46 bits per heavy atom. The lowest BCUT2D eigenvalue weighted by atomic mass is 10.2. The number of aliphatic hydroxyl groups excluding tert-OH is 1. The minimum absolute atomic E-state index is 0.151. The van der Waals surface area contributed by atoms with Crippen molar-refractivity contribution in [2.45, 2.75) is 32.1 Å². The molecule has 74 valence electrons. The first-order chi connectivity index (χ1) is 6.34. The highest BCUT2D eigenvalue weighted by atomic mass is 16.2.